The van der Waals surface area contributed by atoms with Crippen molar-refractivity contribution in [3.05, 3.63) is 0 Å². The standard InChI is InChI=1S/C15H30N2/c1-3-4-5-6-7-8-9-10-11-12-15-16-13-14-17(15)2/h3-14H2,1-2H3/p+1. The van der Waals surface area contributed by atoms with Crippen LogP contribution in [0.15, 0.2) is 4.99 Å². The monoisotopic (exact) mass is 239 g/mol. The zero-order valence-electron chi connectivity index (χ0n) is 11.9. The normalized spacial score (nSPS) is 19.6. The molecule has 0 saturated heterocycles. The molecule has 0 aromatic rings. The molecule has 0 spiro atoms. The van der Waals surface area contributed by atoms with Gasteiger partial charge in [0.05, 0.1) is 13.6 Å². The summed E-state index contributed by atoms with van der Waals surface area (Å²) in [6.07, 6.45) is 14.0. The molecule has 2 nitrogen and oxygen atoms in total. The third-order valence-electron chi connectivity index (χ3n) is 3.80. The van der Waals surface area contributed by atoms with Crippen LogP contribution in [0.25, 0.3) is 0 Å². The second kappa shape index (κ2) is 9.64. The number of aliphatic imine (C=N–C) groups is 1. The molecule has 0 bridgehead atoms. The van der Waals surface area contributed by atoms with Crippen molar-refractivity contribution in [1.29, 1.82) is 0 Å². The molecular formula is C15H31N2+. The maximum atomic E-state index is 4.56. The lowest BCUT2D eigenvalue weighted by molar-refractivity contribution is -0.775. The minimum atomic E-state index is 1.05. The highest BCUT2D eigenvalue weighted by molar-refractivity contribution is 5.74. The van der Waals surface area contributed by atoms with E-state index in [1.54, 1.807) is 4.90 Å². The van der Waals surface area contributed by atoms with Gasteiger partial charge >= 0.3 is 0 Å². The summed E-state index contributed by atoms with van der Waals surface area (Å²) in [5, 5.41) is 0. The fourth-order valence-electron chi connectivity index (χ4n) is 2.53. The summed E-state index contributed by atoms with van der Waals surface area (Å²) in [5.74, 6) is 1.42. The zero-order valence-corrected chi connectivity index (χ0v) is 11.9. The Morgan fingerprint density at radius 1 is 0.941 bits per heavy atom. The van der Waals surface area contributed by atoms with E-state index >= 15 is 0 Å². The van der Waals surface area contributed by atoms with Crippen LogP contribution >= 0.6 is 0 Å². The quantitative estimate of drug-likeness (QED) is 0.565. The molecule has 100 valence electrons. The van der Waals surface area contributed by atoms with Crippen molar-refractivity contribution >= 4 is 5.84 Å². The highest BCUT2D eigenvalue weighted by Crippen LogP contribution is 2.10. The van der Waals surface area contributed by atoms with E-state index in [2.05, 4.69) is 19.0 Å². The third kappa shape index (κ3) is 6.82. The Labute approximate surface area is 107 Å². The topological polar surface area (TPSA) is 16.8 Å². The summed E-state index contributed by atoms with van der Waals surface area (Å²) in [5.41, 5.74) is 0. The first-order valence-electron chi connectivity index (χ1n) is 7.70. The molecule has 1 unspecified atom stereocenters. The zero-order chi connectivity index (χ0) is 12.3. The molecule has 0 fully saturated rings. The molecular weight excluding hydrogens is 208 g/mol. The van der Waals surface area contributed by atoms with Gasteiger partial charge in [0.1, 0.15) is 6.54 Å². The molecule has 0 aromatic heterocycles. The molecule has 0 amide bonds. The molecule has 1 aliphatic rings. The van der Waals surface area contributed by atoms with Gasteiger partial charge in [-0.1, -0.05) is 58.3 Å². The van der Waals surface area contributed by atoms with Crippen molar-refractivity contribution in [2.45, 2.75) is 71.1 Å². The first-order valence-corrected chi connectivity index (χ1v) is 7.70. The van der Waals surface area contributed by atoms with Crippen LogP contribution in [0.1, 0.15) is 71.1 Å². The summed E-state index contributed by atoms with van der Waals surface area (Å²) in [7, 11) is 2.25. The van der Waals surface area contributed by atoms with Gasteiger partial charge in [0.15, 0.2) is 5.84 Å². The number of quaternary nitrogens is 1. The minimum absolute atomic E-state index is 1.05. The Kier molecular flexibility index (Phi) is 8.33. The molecule has 2 heteroatoms. The van der Waals surface area contributed by atoms with E-state index in [0.717, 1.165) is 6.54 Å². The number of hydrogen-bond donors (Lipinski definition) is 1. The van der Waals surface area contributed by atoms with Gasteiger partial charge in [-0.25, -0.2) is 4.99 Å². The van der Waals surface area contributed by atoms with Crippen molar-refractivity contribution in [2.75, 3.05) is 20.1 Å². The van der Waals surface area contributed by atoms with E-state index in [0.29, 0.717) is 0 Å². The van der Waals surface area contributed by atoms with E-state index in [4.69, 9.17) is 0 Å². The molecule has 0 aliphatic carbocycles. The Bertz CT molecular complexity index is 211. The minimum Gasteiger partial charge on any atom is -0.291 e. The van der Waals surface area contributed by atoms with E-state index in [1.165, 1.54) is 76.6 Å². The van der Waals surface area contributed by atoms with Crippen LogP contribution in [0, 0.1) is 0 Å². The van der Waals surface area contributed by atoms with Gasteiger partial charge in [0.2, 0.25) is 0 Å². The number of nitrogens with one attached hydrogen (secondary N) is 1. The van der Waals surface area contributed by atoms with E-state index in [-0.39, 0.29) is 0 Å². The number of rotatable bonds is 10. The van der Waals surface area contributed by atoms with Crippen LogP contribution in [0.4, 0.5) is 0 Å². The van der Waals surface area contributed by atoms with Gasteiger partial charge in [-0.05, 0) is 6.42 Å². The SMILES string of the molecule is CCCCCCCCCCCC1=NCC[NH+]1C. The van der Waals surface area contributed by atoms with E-state index < -0.39 is 0 Å². The molecule has 17 heavy (non-hydrogen) atoms. The molecule has 1 heterocycles. The molecule has 0 aromatic carbocycles. The van der Waals surface area contributed by atoms with Gasteiger partial charge in [0, 0.05) is 6.42 Å². The highest BCUT2D eigenvalue weighted by atomic mass is 15.2. The van der Waals surface area contributed by atoms with Crippen LogP contribution in [0.3, 0.4) is 0 Å². The fraction of sp³-hybridized carbons (Fsp3) is 0.933. The van der Waals surface area contributed by atoms with Crippen LogP contribution < -0.4 is 4.90 Å². The molecule has 1 rings (SSSR count). The van der Waals surface area contributed by atoms with Crippen molar-refractivity contribution in [2.24, 2.45) is 4.99 Å². The number of hydrogen-bond acceptors (Lipinski definition) is 1. The van der Waals surface area contributed by atoms with Gasteiger partial charge in [-0.3, -0.25) is 4.90 Å². The average Bonchev–Trinajstić information content (AvgIpc) is 2.73. The van der Waals surface area contributed by atoms with Gasteiger partial charge in [-0.2, -0.15) is 0 Å². The highest BCUT2D eigenvalue weighted by Gasteiger charge is 2.16. The van der Waals surface area contributed by atoms with E-state index in [1.807, 2.05) is 0 Å². The van der Waals surface area contributed by atoms with E-state index in [9.17, 15) is 0 Å². The number of unbranched alkanes of at least 4 members (excludes halogenated alkanes) is 8. The molecule has 1 aliphatic heterocycles. The molecule has 0 radical (unpaired) electrons. The maximum Gasteiger partial charge on any atom is 0.196 e. The predicted molar refractivity (Wildman–Crippen MR) is 75.9 cm³/mol. The Balaban J connectivity index is 1.81. The van der Waals surface area contributed by atoms with Crippen molar-refractivity contribution in [1.82, 2.24) is 0 Å². The Morgan fingerprint density at radius 2 is 1.53 bits per heavy atom. The lowest BCUT2D eigenvalue weighted by atomic mass is 10.1. The van der Waals surface area contributed by atoms with Crippen LogP contribution in [-0.4, -0.2) is 26.0 Å². The largest absolute Gasteiger partial charge is 0.291 e. The lowest BCUT2D eigenvalue weighted by Crippen LogP contribution is -3.10. The van der Waals surface area contributed by atoms with Gasteiger partial charge in [-0.15, -0.1) is 0 Å². The van der Waals surface area contributed by atoms with Crippen LogP contribution in [0.5, 0.6) is 0 Å². The second-order valence-electron chi connectivity index (χ2n) is 5.44. The van der Waals surface area contributed by atoms with Gasteiger partial charge in [0.25, 0.3) is 0 Å². The summed E-state index contributed by atoms with van der Waals surface area (Å²) < 4.78 is 0. The van der Waals surface area contributed by atoms with Crippen LogP contribution in [-0.2, 0) is 0 Å². The number of likely N-dealkylation sites (N-methyl/N-ethyl adjacent to an activating group) is 1. The first kappa shape index (κ1) is 14.7. The molecule has 0 saturated carbocycles. The predicted octanol–water partition coefficient (Wildman–Crippen LogP) is 2.83. The van der Waals surface area contributed by atoms with Gasteiger partial charge < -0.3 is 0 Å². The lowest BCUT2D eigenvalue weighted by Gasteiger charge is -2.07. The van der Waals surface area contributed by atoms with Crippen LogP contribution in [0.2, 0.25) is 0 Å². The van der Waals surface area contributed by atoms with Crippen molar-refractivity contribution in [3.63, 3.8) is 0 Å². The fourth-order valence-corrected chi connectivity index (χ4v) is 2.53. The maximum absolute atomic E-state index is 4.56. The summed E-state index contributed by atoms with van der Waals surface area (Å²) in [6, 6.07) is 0. The Morgan fingerprint density at radius 3 is 2.06 bits per heavy atom. The summed E-state index contributed by atoms with van der Waals surface area (Å²) in [6.45, 7) is 4.55. The number of nitrogens with zero attached hydrogens (tertiary/aromatic N) is 1. The average molecular weight is 239 g/mol. The van der Waals surface area contributed by atoms with Crippen molar-refractivity contribution < 1.29 is 4.90 Å². The first-order chi connectivity index (χ1) is 8.34. The van der Waals surface area contributed by atoms with Crippen molar-refractivity contribution in [3.8, 4) is 0 Å². The summed E-state index contributed by atoms with van der Waals surface area (Å²) in [4.78, 5) is 6.11. The Hall–Kier alpha value is -0.370. The molecule has 1 atom stereocenters. The second-order valence-corrected chi connectivity index (χ2v) is 5.44. The molecule has 1 N–H and O–H groups in total. The summed E-state index contributed by atoms with van der Waals surface area (Å²) >= 11 is 0. The number of amidine groups is 1. The smallest absolute Gasteiger partial charge is 0.196 e. The third-order valence-corrected chi connectivity index (χ3v) is 3.80.